The quantitative estimate of drug-likeness (QED) is 0.0169. The van der Waals surface area contributed by atoms with Gasteiger partial charge < -0.3 is 33.8 Å². The summed E-state index contributed by atoms with van der Waals surface area (Å²) in [6, 6.07) is 0. The number of hydrogen-bond donors (Lipinski definition) is 3. The molecular formula is C87H146O17P2. The molecule has 0 aliphatic rings. The van der Waals surface area contributed by atoms with E-state index in [0.29, 0.717) is 38.5 Å². The molecule has 5 unspecified atom stereocenters. The second-order valence-electron chi connectivity index (χ2n) is 27.0. The molecule has 17 nitrogen and oxygen atoms in total. The summed E-state index contributed by atoms with van der Waals surface area (Å²) in [5.41, 5.74) is 0. The highest BCUT2D eigenvalue weighted by molar-refractivity contribution is 7.47. The molecule has 0 aliphatic heterocycles. The highest BCUT2D eigenvalue weighted by Crippen LogP contribution is 2.45. The zero-order valence-corrected chi connectivity index (χ0v) is 68.1. The Bertz CT molecular complexity index is 2580. The van der Waals surface area contributed by atoms with Crippen LogP contribution in [0.25, 0.3) is 0 Å². The molecule has 106 heavy (non-hydrogen) atoms. The van der Waals surface area contributed by atoms with Crippen LogP contribution in [0.15, 0.2) is 146 Å². The fraction of sp³-hybridized carbons (Fsp3) is 0.678. The summed E-state index contributed by atoms with van der Waals surface area (Å²) >= 11 is 0. The van der Waals surface area contributed by atoms with Gasteiger partial charge in [0, 0.05) is 25.7 Å². The van der Waals surface area contributed by atoms with E-state index in [1.807, 2.05) is 30.4 Å². The monoisotopic (exact) mass is 1530 g/mol. The van der Waals surface area contributed by atoms with Crippen molar-refractivity contribution in [3.8, 4) is 0 Å². The minimum Gasteiger partial charge on any atom is -0.462 e. The normalized spacial score (nSPS) is 14.6. The topological polar surface area (TPSA) is 237 Å². The van der Waals surface area contributed by atoms with Crippen LogP contribution in [0.3, 0.4) is 0 Å². The van der Waals surface area contributed by atoms with Gasteiger partial charge in [0.1, 0.15) is 19.3 Å². The highest BCUT2D eigenvalue weighted by Gasteiger charge is 2.30. The van der Waals surface area contributed by atoms with Crippen LogP contribution in [-0.4, -0.2) is 96.7 Å². The number of rotatable bonds is 76. The van der Waals surface area contributed by atoms with E-state index >= 15 is 0 Å². The number of ether oxygens (including phenoxy) is 4. The van der Waals surface area contributed by atoms with Gasteiger partial charge in [0.05, 0.1) is 26.4 Å². The van der Waals surface area contributed by atoms with E-state index in [0.717, 1.165) is 128 Å². The number of phosphoric acid groups is 2. The van der Waals surface area contributed by atoms with Crippen LogP contribution in [0.2, 0.25) is 0 Å². The Hall–Kier alpha value is -5.06. The Morgan fingerprint density at radius 2 is 0.519 bits per heavy atom. The Labute approximate surface area is 643 Å². The fourth-order valence-corrected chi connectivity index (χ4v) is 12.2. The Morgan fingerprint density at radius 3 is 0.849 bits per heavy atom. The predicted octanol–water partition coefficient (Wildman–Crippen LogP) is 24.2. The SMILES string of the molecule is CC/C=C\C/C=C\C/C=C\C/C=C\C/C=C\C/C=C\CCC(=O)OCC(COP(=O)(O)OCC(O)COP(=O)(O)OCC(COC(=O)CCC/C=C\C/C=C\C/C=C\C/C=C\C/C=C\CC)OC(=O)CCCCCCCCCCCCCCCCC)OC(=O)CCCCCCC/C=C\CCCCCCCC. The summed E-state index contributed by atoms with van der Waals surface area (Å²) in [6.07, 6.45) is 89.9. The lowest BCUT2D eigenvalue weighted by Crippen LogP contribution is -2.30. The summed E-state index contributed by atoms with van der Waals surface area (Å²) in [6.45, 7) is 4.51. The van der Waals surface area contributed by atoms with E-state index in [4.69, 9.17) is 37.0 Å². The maximum Gasteiger partial charge on any atom is 0.472 e. The molecule has 0 rings (SSSR count). The number of aliphatic hydroxyl groups is 1. The maximum absolute atomic E-state index is 13.1. The molecule has 0 heterocycles. The number of esters is 4. The third kappa shape index (κ3) is 77.1. The molecule has 0 bridgehead atoms. The van der Waals surface area contributed by atoms with Crippen molar-refractivity contribution >= 4 is 39.5 Å². The van der Waals surface area contributed by atoms with Crippen molar-refractivity contribution in [3.63, 3.8) is 0 Å². The second-order valence-corrected chi connectivity index (χ2v) is 29.9. The summed E-state index contributed by atoms with van der Waals surface area (Å²) in [7, 11) is -10.0. The van der Waals surface area contributed by atoms with E-state index in [1.54, 1.807) is 0 Å². The third-order valence-electron chi connectivity index (χ3n) is 16.8. The first kappa shape index (κ1) is 101. The van der Waals surface area contributed by atoms with Gasteiger partial charge in [-0.3, -0.25) is 37.3 Å². The van der Waals surface area contributed by atoms with Gasteiger partial charge in [-0.2, -0.15) is 0 Å². The molecule has 19 heteroatoms. The number of carbonyl (C=O) groups is 4. The highest BCUT2D eigenvalue weighted by atomic mass is 31.2. The van der Waals surface area contributed by atoms with Gasteiger partial charge >= 0.3 is 39.5 Å². The molecule has 3 N–H and O–H groups in total. The number of hydrogen-bond acceptors (Lipinski definition) is 15. The largest absolute Gasteiger partial charge is 0.472 e. The number of aliphatic hydroxyl groups excluding tert-OH is 1. The van der Waals surface area contributed by atoms with Crippen LogP contribution in [0.1, 0.15) is 323 Å². The van der Waals surface area contributed by atoms with Gasteiger partial charge in [-0.15, -0.1) is 0 Å². The molecule has 0 amide bonds. The Kier molecular flexibility index (Phi) is 74.3. The molecule has 0 spiro atoms. The molecule has 0 aromatic rings. The first-order chi connectivity index (χ1) is 51.7. The average molecular weight is 1530 g/mol. The van der Waals surface area contributed by atoms with Crippen LogP contribution < -0.4 is 0 Å². The minimum atomic E-state index is -5.00. The van der Waals surface area contributed by atoms with Gasteiger partial charge in [0.15, 0.2) is 12.2 Å². The van der Waals surface area contributed by atoms with Crippen molar-refractivity contribution in [3.05, 3.63) is 146 Å². The van der Waals surface area contributed by atoms with Crippen LogP contribution in [-0.2, 0) is 65.4 Å². The molecule has 5 atom stereocenters. The van der Waals surface area contributed by atoms with E-state index in [1.165, 1.54) is 103 Å². The summed E-state index contributed by atoms with van der Waals surface area (Å²) in [4.78, 5) is 73.1. The minimum absolute atomic E-state index is 0.0307. The Balaban J connectivity index is 5.48. The first-order valence-corrected chi connectivity index (χ1v) is 44.1. The van der Waals surface area contributed by atoms with Crippen molar-refractivity contribution in [1.82, 2.24) is 0 Å². The van der Waals surface area contributed by atoms with Crippen molar-refractivity contribution in [2.24, 2.45) is 0 Å². The van der Waals surface area contributed by atoms with Crippen molar-refractivity contribution in [2.45, 2.75) is 341 Å². The molecule has 0 radical (unpaired) electrons. The van der Waals surface area contributed by atoms with Crippen molar-refractivity contribution in [1.29, 1.82) is 0 Å². The van der Waals surface area contributed by atoms with E-state index < -0.39 is 97.5 Å². The predicted molar refractivity (Wildman–Crippen MR) is 436 cm³/mol. The van der Waals surface area contributed by atoms with Crippen LogP contribution in [0, 0.1) is 0 Å². The van der Waals surface area contributed by atoms with Gasteiger partial charge in [-0.05, 0) is 128 Å². The lowest BCUT2D eigenvalue weighted by Gasteiger charge is -2.21. The summed E-state index contributed by atoms with van der Waals surface area (Å²) in [5, 5.41) is 10.7. The summed E-state index contributed by atoms with van der Waals surface area (Å²) < 4.78 is 68.6. The lowest BCUT2D eigenvalue weighted by atomic mass is 10.0. The lowest BCUT2D eigenvalue weighted by molar-refractivity contribution is -0.161. The fourth-order valence-electron chi connectivity index (χ4n) is 10.6. The number of unbranched alkanes of at least 4 members (excludes halogenated alkanes) is 26. The smallest absolute Gasteiger partial charge is 0.462 e. The van der Waals surface area contributed by atoms with Crippen LogP contribution >= 0.6 is 15.6 Å². The van der Waals surface area contributed by atoms with Crippen LogP contribution in [0.5, 0.6) is 0 Å². The molecule has 0 fully saturated rings. The number of carbonyl (C=O) groups excluding carboxylic acids is 4. The van der Waals surface area contributed by atoms with E-state index in [-0.39, 0.29) is 25.7 Å². The Morgan fingerprint density at radius 1 is 0.274 bits per heavy atom. The second kappa shape index (κ2) is 78.1. The number of allylic oxidation sites excluding steroid dienone is 24. The van der Waals surface area contributed by atoms with Crippen molar-refractivity contribution < 1.29 is 80.2 Å². The standard InChI is InChI=1S/C87H146O17P2/c1-5-9-13-17-21-25-29-33-37-39-40-42-46-48-52-56-60-64-68-72-85(90)98-78-83(104-87(92)74-70-66-62-58-54-50-44-36-32-28-24-20-16-12-8-4)80-102-106(95,96)100-76-81(88)75-99-105(93,94)101-79-82(103-86(91)73-69-65-61-57-53-49-43-35-31-27-23-19-15-11-7-3)77-97-84(89)71-67-63-59-55-51-47-45-41-38-34-30-26-22-18-14-10-6-2/h9-10,13-14,21-22,25-26,33-34,36-38,40,42,44-45,47-48,52,55,59-60,64,81-83,88H,5-8,11-12,15-20,23-24,27-32,35,39,41,43,46,49-51,53-54,56-58,61-63,65-80H2,1-4H3,(H,93,94)(H,95,96)/b13-9-,14-10-,25-21-,26-22-,37-33-,38-34-,42-40-,44-36-,47-45-,52-48-,59-55-,64-60-. The van der Waals surface area contributed by atoms with E-state index in [2.05, 4.69) is 143 Å². The zero-order valence-electron chi connectivity index (χ0n) is 66.3. The molecule has 0 saturated heterocycles. The van der Waals surface area contributed by atoms with Gasteiger partial charge in [0.2, 0.25) is 0 Å². The number of phosphoric ester groups is 2. The first-order valence-electron chi connectivity index (χ1n) is 41.1. The molecular weight excluding hydrogens is 1380 g/mol. The van der Waals surface area contributed by atoms with Crippen molar-refractivity contribution in [2.75, 3.05) is 39.6 Å². The van der Waals surface area contributed by atoms with Gasteiger partial charge in [-0.1, -0.05) is 315 Å². The average Bonchev–Trinajstić information content (AvgIpc) is 0.909. The molecule has 0 aliphatic carbocycles. The zero-order chi connectivity index (χ0) is 77.4. The van der Waals surface area contributed by atoms with E-state index in [9.17, 15) is 43.2 Å². The third-order valence-corrected chi connectivity index (χ3v) is 18.7. The molecule has 0 saturated carbocycles. The summed E-state index contributed by atoms with van der Waals surface area (Å²) in [5.74, 6) is -2.34. The van der Waals surface area contributed by atoms with Crippen LogP contribution in [0.4, 0.5) is 0 Å². The molecule has 606 valence electrons. The van der Waals surface area contributed by atoms with Gasteiger partial charge in [-0.25, -0.2) is 9.13 Å². The molecule has 0 aromatic carbocycles. The maximum atomic E-state index is 13.1. The van der Waals surface area contributed by atoms with Gasteiger partial charge in [0.25, 0.3) is 0 Å². The molecule has 0 aromatic heterocycles.